The van der Waals surface area contributed by atoms with E-state index in [2.05, 4.69) is 20.5 Å². The van der Waals surface area contributed by atoms with E-state index >= 15 is 0 Å². The summed E-state index contributed by atoms with van der Waals surface area (Å²) in [5, 5.41) is 7.45. The molecule has 0 unspecified atom stereocenters. The molecule has 5 aromatic rings. The first-order valence-corrected chi connectivity index (χ1v) is 26.1. The molecule has 7 amide bonds. The number of hydrogen-bond donors (Lipinski definition) is 4. The van der Waals surface area contributed by atoms with Crippen molar-refractivity contribution in [3.8, 4) is 5.75 Å². The number of imide groups is 1. The third-order valence-corrected chi connectivity index (χ3v) is 14.6. The third-order valence-electron chi connectivity index (χ3n) is 14.2. The number of H-pyrrole nitrogens is 1. The van der Waals surface area contributed by atoms with Gasteiger partial charge < -0.3 is 40.8 Å². The molecule has 0 bridgehead atoms. The van der Waals surface area contributed by atoms with Gasteiger partial charge in [0, 0.05) is 110 Å². The van der Waals surface area contributed by atoms with E-state index in [9.17, 15) is 47.9 Å². The van der Waals surface area contributed by atoms with Crippen molar-refractivity contribution in [1.29, 1.82) is 0 Å². The molecule has 4 heterocycles. The fraction of sp³-hybridized carbons (Fsp3) is 0.368. The Bertz CT molecular complexity index is 3200. The number of anilines is 1. The van der Waals surface area contributed by atoms with Gasteiger partial charge in [-0.25, -0.2) is 4.79 Å². The van der Waals surface area contributed by atoms with Crippen LogP contribution in [0.15, 0.2) is 91.0 Å². The van der Waals surface area contributed by atoms with Gasteiger partial charge in [0.15, 0.2) is 17.3 Å². The van der Waals surface area contributed by atoms with Gasteiger partial charge in [-0.3, -0.25) is 48.1 Å². The second-order valence-electron chi connectivity index (χ2n) is 20.4. The Balaban J connectivity index is 0.893. The van der Waals surface area contributed by atoms with Gasteiger partial charge in [-0.2, -0.15) is 0 Å². The number of nitrogens with zero attached hydrogens (tertiary/aromatic N) is 4. The summed E-state index contributed by atoms with van der Waals surface area (Å²) >= 11 is 6.56. The molecule has 3 aliphatic heterocycles. The van der Waals surface area contributed by atoms with Crippen LogP contribution >= 0.6 is 11.6 Å². The van der Waals surface area contributed by atoms with Crippen LogP contribution in [0, 0.1) is 11.8 Å². The molecule has 3 aliphatic rings. The number of carbonyl (C=O) groups excluding carboxylic acids is 10. The van der Waals surface area contributed by atoms with Crippen LogP contribution in [0.25, 0.3) is 21.7 Å². The number of piperazine rings is 1. The van der Waals surface area contributed by atoms with Gasteiger partial charge in [0.05, 0.1) is 23.7 Å². The van der Waals surface area contributed by atoms with E-state index in [4.69, 9.17) is 22.1 Å². The standard InChI is InChI=1S/C57H61ClN8O11/c1-32(2)21-43(62-55(74)38(27-50(59)70)26-46(67)33(3)60-51(71)31-66-52(72)15-16-53(66)73)48(69)23-34-9-12-36(13-10-34)47(68)24-35-11-14-42-37(22-35)25-44(61-42)56(75)65-30-39(29-58)54-41-8-6-5-7-40(41)49(28-45(54)65)77-57(76)64-19-17-63(4)18-20-64/h5-16,22,25,28,32-33,38-39,43,61H,17-21,23-24,26-27,29-31H2,1-4H3,(H2,59,70)(H,60,71)(H,62,74)/t33-,38-,39+,43-/m0/s1. The van der Waals surface area contributed by atoms with Crippen LogP contribution in [-0.2, 0) is 46.4 Å². The van der Waals surface area contributed by atoms with Crippen LogP contribution in [-0.4, -0.2) is 143 Å². The SMILES string of the molecule is CC(C)C[C@H](NC(=O)[C@H](CC(N)=O)CC(=O)[C@H](C)NC(=O)CN1C(=O)C=CC1=O)C(=O)Cc1ccc(C(=O)Cc2ccc3[nH]c(C(=O)N4C[C@@H](CCl)c5c4cc(OC(=O)N4CCN(C)CC4)c4ccccc54)cc3c2)cc1. The van der Waals surface area contributed by atoms with E-state index in [1.165, 1.54) is 6.92 Å². The smallest absolute Gasteiger partial charge is 0.409 e. The van der Waals surface area contributed by atoms with Crippen LogP contribution in [0.1, 0.15) is 83.5 Å². The Morgan fingerprint density at radius 1 is 0.792 bits per heavy atom. The maximum absolute atomic E-state index is 14.4. The number of primary amides is 1. The average Bonchev–Trinajstić information content (AvgIpc) is 4.15. The summed E-state index contributed by atoms with van der Waals surface area (Å²) in [4.78, 5) is 140. The summed E-state index contributed by atoms with van der Waals surface area (Å²) in [5.41, 5.74) is 9.69. The van der Waals surface area contributed by atoms with Gasteiger partial charge in [-0.1, -0.05) is 68.4 Å². The van der Waals surface area contributed by atoms with Crippen LogP contribution in [0.4, 0.5) is 10.5 Å². The Labute approximate surface area is 449 Å². The lowest BCUT2D eigenvalue weighted by atomic mass is 9.92. The van der Waals surface area contributed by atoms with E-state index in [0.717, 1.165) is 47.0 Å². The molecule has 19 nitrogen and oxygen atoms in total. The Morgan fingerprint density at radius 2 is 1.47 bits per heavy atom. The molecule has 1 aromatic heterocycles. The molecule has 4 aromatic carbocycles. The molecule has 1 saturated heterocycles. The largest absolute Gasteiger partial charge is 0.415 e. The topological polar surface area (TPSA) is 259 Å². The number of nitrogens with two attached hydrogens (primary N) is 1. The number of carbonyl (C=O) groups is 10. The highest BCUT2D eigenvalue weighted by molar-refractivity contribution is 6.19. The van der Waals surface area contributed by atoms with Crippen molar-refractivity contribution in [2.75, 3.05) is 57.1 Å². The van der Waals surface area contributed by atoms with Crippen LogP contribution in [0.2, 0.25) is 0 Å². The monoisotopic (exact) mass is 1070 g/mol. The molecule has 1 fully saturated rings. The van der Waals surface area contributed by atoms with Crippen molar-refractivity contribution in [1.82, 2.24) is 30.3 Å². The van der Waals surface area contributed by atoms with Crippen LogP contribution in [0.5, 0.6) is 5.75 Å². The number of rotatable bonds is 21. The zero-order valence-corrected chi connectivity index (χ0v) is 44.0. The maximum Gasteiger partial charge on any atom is 0.415 e. The molecule has 402 valence electrons. The minimum absolute atomic E-state index is 0.0449. The molecule has 0 saturated carbocycles. The fourth-order valence-electron chi connectivity index (χ4n) is 9.99. The first-order valence-electron chi connectivity index (χ1n) is 25.6. The highest BCUT2D eigenvalue weighted by atomic mass is 35.5. The van der Waals surface area contributed by atoms with Gasteiger partial charge in [-0.05, 0) is 66.6 Å². The van der Waals surface area contributed by atoms with Gasteiger partial charge in [-0.15, -0.1) is 11.6 Å². The molecule has 20 heteroatoms. The molecular weight excluding hydrogens is 1010 g/mol. The number of fused-ring (bicyclic) bond motifs is 4. The molecular formula is C57H61ClN8O11. The molecule has 8 rings (SSSR count). The van der Waals surface area contributed by atoms with Gasteiger partial charge in [0.1, 0.15) is 18.0 Å². The quantitative estimate of drug-likeness (QED) is 0.0430. The van der Waals surface area contributed by atoms with Crippen molar-refractivity contribution in [2.45, 2.75) is 70.9 Å². The van der Waals surface area contributed by atoms with E-state index in [1.807, 2.05) is 63.4 Å². The Morgan fingerprint density at radius 3 is 2.13 bits per heavy atom. The summed E-state index contributed by atoms with van der Waals surface area (Å²) in [6.45, 7) is 7.36. The number of alkyl halides is 1. The van der Waals surface area contributed by atoms with E-state index in [1.54, 1.807) is 46.2 Å². The number of nitrogens with one attached hydrogen (secondary N) is 3. The zero-order chi connectivity index (χ0) is 55.2. The first kappa shape index (κ1) is 55.2. The zero-order valence-electron chi connectivity index (χ0n) is 43.3. The van der Waals surface area contributed by atoms with E-state index < -0.39 is 78.8 Å². The molecule has 0 aliphatic carbocycles. The highest BCUT2D eigenvalue weighted by Crippen LogP contribution is 2.46. The second-order valence-corrected chi connectivity index (χ2v) is 20.7. The molecule has 4 atom stereocenters. The molecule has 77 heavy (non-hydrogen) atoms. The number of likely N-dealkylation sites (N-methyl/N-ethyl adjacent to an activating group) is 1. The third kappa shape index (κ3) is 13.0. The van der Waals surface area contributed by atoms with Crippen molar-refractivity contribution < 1.29 is 52.7 Å². The van der Waals surface area contributed by atoms with Crippen molar-refractivity contribution in [3.63, 3.8) is 0 Å². The molecule has 0 radical (unpaired) electrons. The summed E-state index contributed by atoms with van der Waals surface area (Å²) in [7, 11) is 2.01. The van der Waals surface area contributed by atoms with Gasteiger partial charge in [0.2, 0.25) is 17.7 Å². The predicted molar refractivity (Wildman–Crippen MR) is 287 cm³/mol. The normalized spacial score (nSPS) is 16.6. The minimum Gasteiger partial charge on any atom is -0.409 e. The lowest BCUT2D eigenvalue weighted by molar-refractivity contribution is -0.141. The van der Waals surface area contributed by atoms with Crippen molar-refractivity contribution in [2.24, 2.45) is 17.6 Å². The summed E-state index contributed by atoms with van der Waals surface area (Å²) in [5.74, 6) is -6.06. The molecule has 0 spiro atoms. The Hall–Kier alpha value is -8.03. The fourth-order valence-corrected chi connectivity index (χ4v) is 10.2. The van der Waals surface area contributed by atoms with Crippen LogP contribution in [0.3, 0.4) is 0 Å². The predicted octanol–water partition coefficient (Wildman–Crippen LogP) is 5.00. The number of ether oxygens (including phenoxy) is 1. The van der Waals surface area contributed by atoms with Crippen LogP contribution < -0.4 is 26.0 Å². The maximum atomic E-state index is 14.4. The number of halogens is 1. The number of aromatic amines is 1. The van der Waals surface area contributed by atoms with E-state index in [-0.39, 0.29) is 54.5 Å². The number of hydrogen-bond acceptors (Lipinski definition) is 12. The van der Waals surface area contributed by atoms with E-state index in [0.29, 0.717) is 63.9 Å². The van der Waals surface area contributed by atoms with Crippen molar-refractivity contribution >= 4 is 97.8 Å². The lowest BCUT2D eigenvalue weighted by Crippen LogP contribution is -2.48. The first-order chi connectivity index (χ1) is 36.8. The number of Topliss-reactive ketones (excluding diaryl/α,β-unsaturated/α-hetero) is 3. The second kappa shape index (κ2) is 23.9. The summed E-state index contributed by atoms with van der Waals surface area (Å²) < 4.78 is 6.06. The van der Waals surface area contributed by atoms with Crippen molar-refractivity contribution in [3.05, 3.63) is 119 Å². The lowest BCUT2D eigenvalue weighted by Gasteiger charge is -2.31. The van der Waals surface area contributed by atoms with Gasteiger partial charge >= 0.3 is 6.09 Å². The minimum atomic E-state index is -1.26. The number of benzene rings is 4. The average molecular weight is 1070 g/mol. The van der Waals surface area contributed by atoms with Gasteiger partial charge in [0.25, 0.3) is 17.7 Å². The highest BCUT2D eigenvalue weighted by Gasteiger charge is 2.37. The number of ketones is 3. The summed E-state index contributed by atoms with van der Waals surface area (Å²) in [6, 6.07) is 21.1. The number of aromatic nitrogens is 1. The number of amides is 7. The molecule has 5 N–H and O–H groups in total. The Kier molecular flexibility index (Phi) is 17.1. The summed E-state index contributed by atoms with van der Waals surface area (Å²) in [6.07, 6.45) is 0.763.